The van der Waals surface area contributed by atoms with E-state index < -0.39 is 8.32 Å². The van der Waals surface area contributed by atoms with E-state index >= 15 is 0 Å². The van der Waals surface area contributed by atoms with Crippen LogP contribution in [0.15, 0.2) is 12.2 Å². The van der Waals surface area contributed by atoms with Crippen molar-refractivity contribution in [2.75, 3.05) is 0 Å². The van der Waals surface area contributed by atoms with Crippen LogP contribution in [0.1, 0.15) is 41.0 Å². The molecule has 15 heavy (non-hydrogen) atoms. The summed E-state index contributed by atoms with van der Waals surface area (Å²) in [5.41, 5.74) is 1.04. The van der Waals surface area contributed by atoms with Crippen molar-refractivity contribution in [2.24, 2.45) is 0 Å². The summed E-state index contributed by atoms with van der Waals surface area (Å²) in [6.07, 6.45) is 1.08. The van der Waals surface area contributed by atoms with Crippen LogP contribution in [0.3, 0.4) is 0 Å². The Morgan fingerprint density at radius 3 is 2.07 bits per heavy atom. The van der Waals surface area contributed by atoms with E-state index in [4.69, 9.17) is 4.43 Å². The van der Waals surface area contributed by atoms with Crippen molar-refractivity contribution in [2.45, 2.75) is 58.7 Å². The van der Waals surface area contributed by atoms with Gasteiger partial charge in [-0.1, -0.05) is 40.7 Å². The van der Waals surface area contributed by atoms with E-state index in [1.54, 1.807) is 6.92 Å². The maximum absolute atomic E-state index is 11.6. The number of hydrogen-bond donors (Lipinski definition) is 0. The normalized spacial score (nSPS) is 13.4. The molecule has 0 rings (SSSR count). The fourth-order valence-corrected chi connectivity index (χ4v) is 5.51. The van der Waals surface area contributed by atoms with Gasteiger partial charge in [0.1, 0.15) is 0 Å². The second kappa shape index (κ2) is 6.11. The summed E-state index contributed by atoms with van der Waals surface area (Å²) in [4.78, 5) is 11.6. The van der Waals surface area contributed by atoms with Gasteiger partial charge in [-0.25, -0.2) is 4.79 Å². The van der Waals surface area contributed by atoms with E-state index in [0.717, 1.165) is 18.5 Å². The van der Waals surface area contributed by atoms with Crippen LogP contribution in [0.25, 0.3) is 0 Å². The highest BCUT2D eigenvalue weighted by Gasteiger charge is 2.39. The maximum atomic E-state index is 11.6. The SMILES string of the molecule is C=C(C)C(=O)O[Si](CC)(CC)C(C)CC. The van der Waals surface area contributed by atoms with Crippen LogP contribution in [0.5, 0.6) is 0 Å². The van der Waals surface area contributed by atoms with Crippen LogP contribution in [0.2, 0.25) is 17.6 Å². The van der Waals surface area contributed by atoms with Gasteiger partial charge < -0.3 is 4.43 Å². The van der Waals surface area contributed by atoms with Gasteiger partial charge in [-0.2, -0.15) is 0 Å². The highest BCUT2D eigenvalue weighted by atomic mass is 28.4. The van der Waals surface area contributed by atoms with E-state index in [-0.39, 0.29) is 5.97 Å². The molecule has 0 aliphatic rings. The van der Waals surface area contributed by atoms with Gasteiger partial charge in [-0.05, 0) is 24.6 Å². The average molecular weight is 228 g/mol. The molecule has 0 aromatic rings. The smallest absolute Gasteiger partial charge is 0.319 e. The number of carbonyl (C=O) groups excluding carboxylic acids is 1. The van der Waals surface area contributed by atoms with Crippen LogP contribution in [0, 0.1) is 0 Å². The van der Waals surface area contributed by atoms with Gasteiger partial charge in [0.05, 0.1) is 0 Å². The molecule has 2 nitrogen and oxygen atoms in total. The molecule has 0 aromatic carbocycles. The predicted molar refractivity (Wildman–Crippen MR) is 67.3 cm³/mol. The number of hydrogen-bond acceptors (Lipinski definition) is 2. The Bertz CT molecular complexity index is 232. The maximum Gasteiger partial charge on any atom is 0.319 e. The van der Waals surface area contributed by atoms with Crippen molar-refractivity contribution < 1.29 is 9.22 Å². The zero-order valence-corrected chi connectivity index (χ0v) is 11.7. The minimum atomic E-state index is -1.88. The van der Waals surface area contributed by atoms with E-state index in [9.17, 15) is 4.79 Å². The van der Waals surface area contributed by atoms with Gasteiger partial charge in [0.25, 0.3) is 8.32 Å². The monoisotopic (exact) mass is 228 g/mol. The van der Waals surface area contributed by atoms with E-state index in [1.807, 2.05) is 0 Å². The third-order valence-corrected chi connectivity index (χ3v) is 8.54. The lowest BCUT2D eigenvalue weighted by molar-refractivity contribution is -0.131. The largest absolute Gasteiger partial charge is 0.516 e. The first-order valence-corrected chi connectivity index (χ1v) is 8.22. The van der Waals surface area contributed by atoms with Gasteiger partial charge in [-0.15, -0.1) is 0 Å². The zero-order valence-electron chi connectivity index (χ0n) is 10.7. The molecule has 0 aromatic heterocycles. The molecule has 0 heterocycles. The fourth-order valence-electron chi connectivity index (χ4n) is 1.84. The van der Waals surface area contributed by atoms with Crippen molar-refractivity contribution in [1.82, 2.24) is 0 Å². The molecule has 0 radical (unpaired) electrons. The molecule has 0 aliphatic carbocycles. The Labute approximate surface area is 94.8 Å². The lowest BCUT2D eigenvalue weighted by atomic mass is 10.4. The summed E-state index contributed by atoms with van der Waals surface area (Å²) >= 11 is 0. The van der Waals surface area contributed by atoms with Gasteiger partial charge in [0, 0.05) is 5.57 Å². The summed E-state index contributed by atoms with van der Waals surface area (Å²) in [6.45, 7) is 14.0. The quantitative estimate of drug-likeness (QED) is 0.509. The standard InChI is InChI=1S/C12H24O2Si/c1-7-11(6)15(8-2,9-3)14-12(13)10(4)5/h11H,4,7-9H2,1-3,5-6H3. The Hall–Kier alpha value is -0.573. The molecule has 0 bridgehead atoms. The van der Waals surface area contributed by atoms with Crippen molar-refractivity contribution in [1.29, 1.82) is 0 Å². The van der Waals surface area contributed by atoms with Crippen molar-refractivity contribution in [3.05, 3.63) is 12.2 Å². The molecular formula is C12H24O2Si. The molecule has 0 saturated heterocycles. The minimum Gasteiger partial charge on any atom is -0.516 e. The van der Waals surface area contributed by atoms with E-state index in [1.165, 1.54) is 0 Å². The molecular weight excluding hydrogens is 204 g/mol. The summed E-state index contributed by atoms with van der Waals surface area (Å²) in [7, 11) is -1.88. The highest BCUT2D eigenvalue weighted by Crippen LogP contribution is 2.33. The van der Waals surface area contributed by atoms with Crippen LogP contribution in [-0.4, -0.2) is 14.3 Å². The van der Waals surface area contributed by atoms with E-state index in [0.29, 0.717) is 11.1 Å². The third-order valence-electron chi connectivity index (χ3n) is 3.35. The Kier molecular flexibility index (Phi) is 5.87. The summed E-state index contributed by atoms with van der Waals surface area (Å²) in [6, 6.07) is 2.00. The first kappa shape index (κ1) is 14.4. The molecule has 0 spiro atoms. The topological polar surface area (TPSA) is 26.3 Å². The van der Waals surface area contributed by atoms with Crippen molar-refractivity contribution in [3.63, 3.8) is 0 Å². The Balaban J connectivity index is 4.78. The summed E-state index contributed by atoms with van der Waals surface area (Å²) in [5, 5.41) is 0. The molecule has 3 heteroatoms. The average Bonchev–Trinajstić information content (AvgIpc) is 2.24. The van der Waals surface area contributed by atoms with Crippen LogP contribution >= 0.6 is 0 Å². The van der Waals surface area contributed by atoms with Gasteiger partial charge in [0.2, 0.25) is 0 Å². The van der Waals surface area contributed by atoms with Gasteiger partial charge >= 0.3 is 5.97 Å². The molecule has 1 atom stereocenters. The highest BCUT2D eigenvalue weighted by molar-refractivity contribution is 6.76. The molecule has 0 aliphatic heterocycles. The molecule has 0 amide bonds. The minimum absolute atomic E-state index is 0.203. The lowest BCUT2D eigenvalue weighted by Crippen LogP contribution is -2.43. The molecule has 88 valence electrons. The second-order valence-corrected chi connectivity index (χ2v) is 8.98. The summed E-state index contributed by atoms with van der Waals surface area (Å²) < 4.78 is 5.75. The first-order chi connectivity index (χ1) is 6.93. The Morgan fingerprint density at radius 2 is 1.80 bits per heavy atom. The fraction of sp³-hybridized carbons (Fsp3) is 0.750. The lowest BCUT2D eigenvalue weighted by Gasteiger charge is -2.34. The second-order valence-electron chi connectivity index (χ2n) is 4.25. The molecule has 0 N–H and O–H groups in total. The molecule has 0 saturated carbocycles. The van der Waals surface area contributed by atoms with Crippen LogP contribution in [0.4, 0.5) is 0 Å². The van der Waals surface area contributed by atoms with Gasteiger partial charge in [0.15, 0.2) is 0 Å². The van der Waals surface area contributed by atoms with E-state index in [2.05, 4.69) is 34.3 Å². The molecule has 1 unspecified atom stereocenters. The number of rotatable bonds is 6. The molecule has 0 fully saturated rings. The van der Waals surface area contributed by atoms with Crippen molar-refractivity contribution in [3.8, 4) is 0 Å². The summed E-state index contributed by atoms with van der Waals surface area (Å²) in [5.74, 6) is -0.203. The van der Waals surface area contributed by atoms with Gasteiger partial charge in [-0.3, -0.25) is 0 Å². The van der Waals surface area contributed by atoms with Crippen molar-refractivity contribution >= 4 is 14.3 Å². The van der Waals surface area contributed by atoms with Crippen LogP contribution < -0.4 is 0 Å². The zero-order chi connectivity index (χ0) is 12.1. The predicted octanol–water partition coefficient (Wildman–Crippen LogP) is 3.89. The Morgan fingerprint density at radius 1 is 1.33 bits per heavy atom. The number of carbonyl (C=O) groups is 1. The first-order valence-electron chi connectivity index (χ1n) is 5.82. The third kappa shape index (κ3) is 3.49. The van der Waals surface area contributed by atoms with Crippen LogP contribution in [-0.2, 0) is 9.22 Å².